The zero-order valence-corrected chi connectivity index (χ0v) is 11.1. The maximum absolute atomic E-state index is 12.9. The number of nitrogens with one attached hydrogen (secondary N) is 1. The van der Waals surface area contributed by atoms with Crippen LogP contribution in [0.1, 0.15) is 46.5 Å². The monoisotopic (exact) mass is 238 g/mol. The Morgan fingerprint density at radius 3 is 2.76 bits per heavy atom. The number of halogens is 1. The summed E-state index contributed by atoms with van der Waals surface area (Å²) in [7, 11) is 0. The number of unbranched alkanes of at least 4 members (excludes halogenated alkanes) is 2. The Labute approximate surface area is 104 Å². The van der Waals surface area contributed by atoms with E-state index in [0.717, 1.165) is 12.2 Å². The maximum atomic E-state index is 12.9. The molecule has 1 aromatic rings. The first-order valence-electron chi connectivity index (χ1n) is 6.39. The predicted octanol–water partition coefficient (Wildman–Crippen LogP) is 4.24. The number of rotatable bonds is 7. The lowest BCUT2D eigenvalue weighted by atomic mass is 9.87. The molecule has 0 amide bonds. The molecule has 3 heteroatoms. The van der Waals surface area contributed by atoms with Gasteiger partial charge in [-0.1, -0.05) is 40.0 Å². The van der Waals surface area contributed by atoms with Crippen molar-refractivity contribution in [1.82, 2.24) is 4.98 Å². The zero-order chi connectivity index (χ0) is 12.7. The van der Waals surface area contributed by atoms with Crippen LogP contribution in [0.3, 0.4) is 0 Å². The van der Waals surface area contributed by atoms with Crippen molar-refractivity contribution < 1.29 is 4.39 Å². The van der Waals surface area contributed by atoms with Gasteiger partial charge in [0.2, 0.25) is 5.95 Å². The number of hydrogen-bond acceptors (Lipinski definition) is 2. The van der Waals surface area contributed by atoms with E-state index in [1.54, 1.807) is 6.07 Å². The highest BCUT2D eigenvalue weighted by molar-refractivity contribution is 5.41. The van der Waals surface area contributed by atoms with Crippen LogP contribution in [-0.4, -0.2) is 11.5 Å². The van der Waals surface area contributed by atoms with Crippen molar-refractivity contribution in [3.05, 3.63) is 24.3 Å². The highest BCUT2D eigenvalue weighted by Gasteiger charge is 2.16. The lowest BCUT2D eigenvalue weighted by molar-refractivity contribution is 0.342. The van der Waals surface area contributed by atoms with E-state index >= 15 is 0 Å². The summed E-state index contributed by atoms with van der Waals surface area (Å²) in [6.07, 6.45) is 6.48. The Kier molecular flexibility index (Phi) is 5.39. The third kappa shape index (κ3) is 5.66. The van der Waals surface area contributed by atoms with Gasteiger partial charge in [0, 0.05) is 24.5 Å². The van der Waals surface area contributed by atoms with Gasteiger partial charge in [-0.15, -0.1) is 0 Å². The molecule has 1 rings (SSSR count). The van der Waals surface area contributed by atoms with Crippen molar-refractivity contribution in [2.75, 3.05) is 11.9 Å². The molecule has 0 bridgehead atoms. The third-order valence-corrected chi connectivity index (χ3v) is 2.95. The van der Waals surface area contributed by atoms with Crippen LogP contribution in [0.2, 0.25) is 0 Å². The van der Waals surface area contributed by atoms with Crippen molar-refractivity contribution in [1.29, 1.82) is 0 Å². The van der Waals surface area contributed by atoms with Gasteiger partial charge in [0.1, 0.15) is 0 Å². The van der Waals surface area contributed by atoms with Crippen LogP contribution in [0, 0.1) is 11.4 Å². The summed E-state index contributed by atoms with van der Waals surface area (Å²) in [4.78, 5) is 3.54. The second kappa shape index (κ2) is 6.58. The molecule has 1 N–H and O–H groups in total. The van der Waals surface area contributed by atoms with Gasteiger partial charge >= 0.3 is 0 Å². The molecule has 0 radical (unpaired) electrons. The molecule has 0 unspecified atom stereocenters. The fourth-order valence-corrected chi connectivity index (χ4v) is 1.80. The molecule has 2 nitrogen and oxygen atoms in total. The lowest BCUT2D eigenvalue weighted by Crippen LogP contribution is -2.23. The lowest BCUT2D eigenvalue weighted by Gasteiger charge is -2.25. The minimum atomic E-state index is -0.432. The van der Waals surface area contributed by atoms with Gasteiger partial charge in [0.25, 0.3) is 0 Å². The van der Waals surface area contributed by atoms with Gasteiger partial charge < -0.3 is 5.32 Å². The maximum Gasteiger partial charge on any atom is 0.214 e. The van der Waals surface area contributed by atoms with E-state index in [1.165, 1.54) is 37.9 Å². The smallest absolute Gasteiger partial charge is 0.214 e. The first-order chi connectivity index (χ1) is 8.03. The molecule has 0 aromatic carbocycles. The summed E-state index contributed by atoms with van der Waals surface area (Å²) in [5.41, 5.74) is 1.05. The highest BCUT2D eigenvalue weighted by Crippen LogP contribution is 2.24. The third-order valence-electron chi connectivity index (χ3n) is 2.95. The van der Waals surface area contributed by atoms with Gasteiger partial charge in [0.15, 0.2) is 0 Å². The molecular formula is C14H23FN2. The first-order valence-corrected chi connectivity index (χ1v) is 6.39. The Morgan fingerprint density at radius 2 is 2.12 bits per heavy atom. The van der Waals surface area contributed by atoms with Gasteiger partial charge in [-0.25, -0.2) is 4.98 Å². The predicted molar refractivity (Wildman–Crippen MR) is 70.6 cm³/mol. The Balaban J connectivity index is 2.38. The van der Waals surface area contributed by atoms with Crippen LogP contribution < -0.4 is 5.32 Å². The minimum absolute atomic E-state index is 0.245. The Bertz CT molecular complexity index is 337. The van der Waals surface area contributed by atoms with Gasteiger partial charge in [0.05, 0.1) is 0 Å². The van der Waals surface area contributed by atoms with Crippen molar-refractivity contribution in [2.24, 2.45) is 5.41 Å². The summed E-state index contributed by atoms with van der Waals surface area (Å²) < 4.78 is 12.9. The molecule has 0 atom stereocenters. The van der Waals surface area contributed by atoms with E-state index in [0.29, 0.717) is 0 Å². The van der Waals surface area contributed by atoms with Gasteiger partial charge in [-0.05, 0) is 17.9 Å². The molecule has 0 fully saturated rings. The number of nitrogens with zero attached hydrogens (tertiary/aromatic N) is 1. The summed E-state index contributed by atoms with van der Waals surface area (Å²) in [5, 5.41) is 3.27. The molecule has 1 heterocycles. The molecule has 0 aliphatic carbocycles. The molecule has 0 aliphatic heterocycles. The summed E-state index contributed by atoms with van der Waals surface area (Å²) in [5.74, 6) is -0.432. The topological polar surface area (TPSA) is 24.9 Å². The van der Waals surface area contributed by atoms with Crippen LogP contribution >= 0.6 is 0 Å². The summed E-state index contributed by atoms with van der Waals surface area (Å²) >= 11 is 0. The summed E-state index contributed by atoms with van der Waals surface area (Å²) in [6, 6.07) is 3.23. The molecule has 0 saturated heterocycles. The van der Waals surface area contributed by atoms with Crippen LogP contribution in [-0.2, 0) is 0 Å². The van der Waals surface area contributed by atoms with Gasteiger partial charge in [-0.2, -0.15) is 4.39 Å². The average molecular weight is 238 g/mol. The number of anilines is 1. The molecule has 0 spiro atoms. The molecular weight excluding hydrogens is 215 g/mol. The SMILES string of the molecule is CCCCCC(C)(C)CNc1ccnc(F)c1. The van der Waals surface area contributed by atoms with E-state index in [9.17, 15) is 4.39 Å². The van der Waals surface area contributed by atoms with E-state index in [-0.39, 0.29) is 5.41 Å². The van der Waals surface area contributed by atoms with E-state index < -0.39 is 5.95 Å². The molecule has 17 heavy (non-hydrogen) atoms. The van der Waals surface area contributed by atoms with Crippen molar-refractivity contribution in [3.63, 3.8) is 0 Å². The van der Waals surface area contributed by atoms with Crippen molar-refractivity contribution in [2.45, 2.75) is 46.5 Å². The molecule has 0 saturated carbocycles. The average Bonchev–Trinajstić information content (AvgIpc) is 2.27. The second-order valence-corrected chi connectivity index (χ2v) is 5.34. The van der Waals surface area contributed by atoms with Gasteiger partial charge in [-0.3, -0.25) is 0 Å². The fraction of sp³-hybridized carbons (Fsp3) is 0.643. The minimum Gasteiger partial charge on any atom is -0.384 e. The van der Waals surface area contributed by atoms with Crippen molar-refractivity contribution in [3.8, 4) is 0 Å². The van der Waals surface area contributed by atoms with E-state index in [4.69, 9.17) is 0 Å². The quantitative estimate of drug-likeness (QED) is 0.567. The number of pyridine rings is 1. The standard InChI is InChI=1S/C14H23FN2/c1-4-5-6-8-14(2,3)11-17-12-7-9-16-13(15)10-12/h7,9-10H,4-6,8,11H2,1-3H3,(H,16,17). The molecule has 0 aliphatic rings. The molecule has 1 aromatic heterocycles. The Hall–Kier alpha value is -1.12. The van der Waals surface area contributed by atoms with Crippen molar-refractivity contribution >= 4 is 5.69 Å². The molecule has 96 valence electrons. The summed E-state index contributed by atoms with van der Waals surface area (Å²) in [6.45, 7) is 7.56. The van der Waals surface area contributed by atoms with Crippen LogP contribution in [0.5, 0.6) is 0 Å². The fourth-order valence-electron chi connectivity index (χ4n) is 1.80. The zero-order valence-electron chi connectivity index (χ0n) is 11.1. The number of aromatic nitrogens is 1. The second-order valence-electron chi connectivity index (χ2n) is 5.34. The Morgan fingerprint density at radius 1 is 1.35 bits per heavy atom. The van der Waals surface area contributed by atoms with E-state index in [2.05, 4.69) is 31.1 Å². The first kappa shape index (κ1) is 13.9. The van der Waals surface area contributed by atoms with Crippen LogP contribution in [0.25, 0.3) is 0 Å². The van der Waals surface area contributed by atoms with Crippen LogP contribution in [0.15, 0.2) is 18.3 Å². The number of hydrogen-bond donors (Lipinski definition) is 1. The van der Waals surface area contributed by atoms with E-state index in [1.807, 2.05) is 0 Å². The van der Waals surface area contributed by atoms with Crippen LogP contribution in [0.4, 0.5) is 10.1 Å². The highest BCUT2D eigenvalue weighted by atomic mass is 19.1. The largest absolute Gasteiger partial charge is 0.384 e. The normalized spacial score (nSPS) is 11.5.